The van der Waals surface area contributed by atoms with Gasteiger partial charge in [-0.15, -0.1) is 0 Å². The number of anilines is 1. The van der Waals surface area contributed by atoms with Gasteiger partial charge >= 0.3 is 6.09 Å². The minimum absolute atomic E-state index is 0.533. The van der Waals surface area contributed by atoms with Crippen molar-refractivity contribution in [2.75, 3.05) is 12.4 Å². The Morgan fingerprint density at radius 3 is 2.55 bits per heavy atom. The summed E-state index contributed by atoms with van der Waals surface area (Å²) in [6.45, 7) is 5.37. The van der Waals surface area contributed by atoms with Gasteiger partial charge in [-0.1, -0.05) is 6.07 Å². The fraction of sp³-hybridized carbons (Fsp3) is 0.500. The first kappa shape index (κ1) is 16.0. The Morgan fingerprint density at radius 1 is 1.36 bits per heavy atom. The Labute approximate surface area is 129 Å². The van der Waals surface area contributed by atoms with Gasteiger partial charge in [0.25, 0.3) is 0 Å². The molecule has 0 aromatic heterocycles. The van der Waals surface area contributed by atoms with Crippen LogP contribution in [0.15, 0.2) is 23.2 Å². The first-order valence-corrected chi connectivity index (χ1v) is 7.07. The van der Waals surface area contributed by atoms with E-state index in [9.17, 15) is 9.59 Å². The lowest BCUT2D eigenvalue weighted by Crippen LogP contribution is -2.28. The highest BCUT2D eigenvalue weighted by atomic mass is 16.6. The molecule has 118 valence electrons. The summed E-state index contributed by atoms with van der Waals surface area (Å²) in [6.07, 6.45) is 2.55. The van der Waals surface area contributed by atoms with E-state index in [1.165, 1.54) is 0 Å². The summed E-state index contributed by atoms with van der Waals surface area (Å²) in [6, 6.07) is 5.27. The fourth-order valence-electron chi connectivity index (χ4n) is 2.22. The van der Waals surface area contributed by atoms with Crippen molar-refractivity contribution in [2.45, 2.75) is 44.8 Å². The van der Waals surface area contributed by atoms with E-state index in [0.29, 0.717) is 11.4 Å². The lowest BCUT2D eigenvalue weighted by molar-refractivity contribution is 0.0635. The van der Waals surface area contributed by atoms with Gasteiger partial charge in [-0.05, 0) is 39.7 Å². The van der Waals surface area contributed by atoms with Crippen LogP contribution in [0, 0.1) is 0 Å². The second-order valence-electron chi connectivity index (χ2n) is 6.27. The maximum Gasteiger partial charge on any atom is 0.412 e. The molecule has 0 unspecified atom stereocenters. The van der Waals surface area contributed by atoms with Crippen LogP contribution in [0.2, 0.25) is 0 Å². The third-order valence-corrected chi connectivity index (χ3v) is 3.35. The summed E-state index contributed by atoms with van der Waals surface area (Å²) < 4.78 is 10.4. The van der Waals surface area contributed by atoms with Crippen LogP contribution in [0.1, 0.15) is 39.2 Å². The number of hydrogen-bond acceptors (Lipinski definition) is 5. The predicted molar refractivity (Wildman–Crippen MR) is 81.9 cm³/mol. The quantitative estimate of drug-likeness (QED) is 0.683. The van der Waals surface area contributed by atoms with Gasteiger partial charge in [0.1, 0.15) is 16.9 Å². The van der Waals surface area contributed by atoms with E-state index in [2.05, 4.69) is 10.3 Å². The highest BCUT2D eigenvalue weighted by Gasteiger charge is 2.46. The second-order valence-corrected chi connectivity index (χ2v) is 6.27. The van der Waals surface area contributed by atoms with Crippen molar-refractivity contribution in [3.05, 3.63) is 23.8 Å². The van der Waals surface area contributed by atoms with Crippen LogP contribution in [0.25, 0.3) is 0 Å². The largest absolute Gasteiger partial charge is 0.497 e. The van der Waals surface area contributed by atoms with E-state index < -0.39 is 17.2 Å². The molecule has 2 rings (SSSR count). The predicted octanol–water partition coefficient (Wildman–Crippen LogP) is 3.37. The summed E-state index contributed by atoms with van der Waals surface area (Å²) in [5.41, 5.74) is 0.118. The summed E-state index contributed by atoms with van der Waals surface area (Å²) >= 11 is 0. The molecule has 1 aromatic carbocycles. The molecule has 0 radical (unpaired) electrons. The lowest BCUT2D eigenvalue weighted by atomic mass is 10.0. The Hall–Kier alpha value is -2.33. The van der Waals surface area contributed by atoms with Gasteiger partial charge in [0.15, 0.2) is 0 Å². The molecule has 1 N–H and O–H groups in total. The molecule has 0 aliphatic heterocycles. The monoisotopic (exact) mass is 304 g/mol. The molecule has 0 atom stereocenters. The van der Waals surface area contributed by atoms with Crippen LogP contribution in [0.5, 0.6) is 5.75 Å². The molecule has 0 bridgehead atoms. The Balaban J connectivity index is 2.32. The van der Waals surface area contributed by atoms with Crippen LogP contribution in [-0.4, -0.2) is 24.9 Å². The molecule has 0 heterocycles. The molecular formula is C16H20N2O4. The van der Waals surface area contributed by atoms with Crippen LogP contribution in [0.4, 0.5) is 10.5 Å². The molecule has 1 amide bonds. The summed E-state index contributed by atoms with van der Waals surface area (Å²) in [5, 5.41) is 2.72. The molecule has 1 aromatic rings. The minimum atomic E-state index is -0.596. The van der Waals surface area contributed by atoms with Gasteiger partial charge < -0.3 is 9.47 Å². The Bertz CT molecular complexity index is 624. The topological polar surface area (TPSA) is 77.0 Å². The van der Waals surface area contributed by atoms with E-state index in [0.717, 1.165) is 18.4 Å². The zero-order valence-electron chi connectivity index (χ0n) is 13.2. The summed E-state index contributed by atoms with van der Waals surface area (Å²) in [4.78, 5) is 26.6. The molecule has 1 saturated carbocycles. The number of amides is 1. The number of rotatable bonds is 4. The molecule has 1 aliphatic carbocycles. The van der Waals surface area contributed by atoms with Crippen molar-refractivity contribution in [3.8, 4) is 5.75 Å². The van der Waals surface area contributed by atoms with Crippen molar-refractivity contribution in [2.24, 2.45) is 4.99 Å². The Kier molecular flexibility index (Phi) is 4.24. The Morgan fingerprint density at radius 2 is 2.05 bits per heavy atom. The number of carbonyl (C=O) groups is 1. The number of methoxy groups -OCH3 is 1. The average molecular weight is 304 g/mol. The van der Waals surface area contributed by atoms with Crippen molar-refractivity contribution >= 4 is 17.9 Å². The third-order valence-electron chi connectivity index (χ3n) is 3.35. The van der Waals surface area contributed by atoms with Gasteiger partial charge in [-0.25, -0.2) is 9.59 Å². The van der Waals surface area contributed by atoms with Crippen molar-refractivity contribution < 1.29 is 19.1 Å². The molecule has 22 heavy (non-hydrogen) atoms. The molecule has 0 spiro atoms. The van der Waals surface area contributed by atoms with Gasteiger partial charge in [-0.2, -0.15) is 4.99 Å². The smallest absolute Gasteiger partial charge is 0.412 e. The minimum Gasteiger partial charge on any atom is -0.497 e. The highest BCUT2D eigenvalue weighted by Crippen LogP contribution is 2.52. The molecule has 6 heteroatoms. The van der Waals surface area contributed by atoms with Crippen molar-refractivity contribution in [1.82, 2.24) is 0 Å². The maximum absolute atomic E-state index is 12.0. The number of benzene rings is 1. The zero-order chi connectivity index (χ0) is 16.4. The number of isocyanates is 1. The van der Waals surface area contributed by atoms with Crippen molar-refractivity contribution in [3.63, 3.8) is 0 Å². The maximum atomic E-state index is 12.0. The van der Waals surface area contributed by atoms with E-state index >= 15 is 0 Å². The zero-order valence-corrected chi connectivity index (χ0v) is 13.2. The van der Waals surface area contributed by atoms with Crippen molar-refractivity contribution in [1.29, 1.82) is 0 Å². The molecule has 6 nitrogen and oxygen atoms in total. The van der Waals surface area contributed by atoms with Gasteiger partial charge in [0.2, 0.25) is 6.08 Å². The number of nitrogens with zero attached hydrogens (tertiary/aromatic N) is 1. The highest BCUT2D eigenvalue weighted by molar-refractivity contribution is 5.87. The first-order chi connectivity index (χ1) is 10.3. The number of carbonyl (C=O) groups excluding carboxylic acids is 2. The SMILES string of the molecule is COc1ccc(C2(N=C=O)CC2)c(NC(=O)OC(C)(C)C)c1. The number of nitrogens with one attached hydrogen (secondary N) is 1. The van der Waals surface area contributed by atoms with Gasteiger partial charge in [-0.3, -0.25) is 5.32 Å². The lowest BCUT2D eigenvalue weighted by Gasteiger charge is -2.21. The molecule has 0 saturated heterocycles. The average Bonchev–Trinajstić information content (AvgIpc) is 3.17. The molecule has 1 aliphatic rings. The van der Waals surface area contributed by atoms with Gasteiger partial charge in [0.05, 0.1) is 12.8 Å². The van der Waals surface area contributed by atoms with E-state index in [1.807, 2.05) is 0 Å². The molecule has 1 fully saturated rings. The summed E-state index contributed by atoms with van der Waals surface area (Å²) in [7, 11) is 1.54. The van der Waals surface area contributed by atoms with Crippen LogP contribution in [-0.2, 0) is 15.1 Å². The van der Waals surface area contributed by atoms with Crippen LogP contribution < -0.4 is 10.1 Å². The number of ether oxygens (including phenoxy) is 2. The third kappa shape index (κ3) is 3.65. The first-order valence-electron chi connectivity index (χ1n) is 7.07. The van der Waals surface area contributed by atoms with Crippen LogP contribution in [0.3, 0.4) is 0 Å². The van der Waals surface area contributed by atoms with E-state index in [-0.39, 0.29) is 0 Å². The van der Waals surface area contributed by atoms with Gasteiger partial charge in [0, 0.05) is 11.6 Å². The normalized spacial score (nSPS) is 15.5. The number of hydrogen-bond donors (Lipinski definition) is 1. The number of aliphatic imine (C=N–C) groups is 1. The fourth-order valence-corrected chi connectivity index (χ4v) is 2.22. The standard InChI is InChI=1S/C16H20N2O4/c1-15(2,3)22-14(20)18-13-9-11(21-4)5-6-12(13)16(7-8-16)17-10-19/h5-6,9H,7-8H2,1-4H3,(H,18,20). The van der Waals surface area contributed by atoms with E-state index in [4.69, 9.17) is 9.47 Å². The van der Waals surface area contributed by atoms with E-state index in [1.54, 1.807) is 52.2 Å². The summed E-state index contributed by atoms with van der Waals surface area (Å²) in [5.74, 6) is 0.598. The molecular weight excluding hydrogens is 284 g/mol. The second kappa shape index (κ2) is 5.81. The van der Waals surface area contributed by atoms with Crippen LogP contribution >= 0.6 is 0 Å².